The molecule has 0 aliphatic heterocycles. The van der Waals surface area contributed by atoms with Gasteiger partial charge in [0.25, 0.3) is 0 Å². The van der Waals surface area contributed by atoms with E-state index in [-0.39, 0.29) is 0 Å². The first kappa shape index (κ1) is 28.7. The van der Waals surface area contributed by atoms with Crippen molar-refractivity contribution in [2.45, 2.75) is 25.7 Å². The van der Waals surface area contributed by atoms with Gasteiger partial charge in [0.1, 0.15) is 0 Å². The van der Waals surface area contributed by atoms with Crippen LogP contribution in [-0.2, 0) is 0 Å². The van der Waals surface area contributed by atoms with Gasteiger partial charge < -0.3 is 0 Å². The van der Waals surface area contributed by atoms with E-state index in [1.54, 1.807) is 0 Å². The van der Waals surface area contributed by atoms with Gasteiger partial charge in [-0.15, -0.1) is 0 Å². The van der Waals surface area contributed by atoms with Crippen molar-refractivity contribution in [2.75, 3.05) is 0 Å². The largest absolute Gasteiger partial charge is 0.0839 e. The summed E-state index contributed by atoms with van der Waals surface area (Å²) in [6, 6.07) is 41.3. The zero-order valence-electron chi connectivity index (χ0n) is 29.0. The smallest absolute Gasteiger partial charge is 0.0206 e. The first-order chi connectivity index (χ1) is 25.8. The normalized spacial score (nSPS) is 20.2. The minimum Gasteiger partial charge on any atom is -0.0839 e. The maximum Gasteiger partial charge on any atom is 0.0206 e. The molecule has 0 amide bonds. The molecule has 6 aliphatic carbocycles. The molecular formula is C52H36. The first-order valence-electron chi connectivity index (χ1n) is 19.0. The zero-order chi connectivity index (χ0) is 33.9. The highest BCUT2D eigenvalue weighted by Gasteiger charge is 2.45. The average molecular weight is 661 g/mol. The van der Waals surface area contributed by atoms with E-state index in [1.807, 2.05) is 0 Å². The van der Waals surface area contributed by atoms with E-state index < -0.39 is 0 Å². The summed E-state index contributed by atoms with van der Waals surface area (Å²) in [5.41, 5.74) is 22.6. The van der Waals surface area contributed by atoms with Crippen molar-refractivity contribution in [3.63, 3.8) is 0 Å². The molecule has 0 aromatic heterocycles. The Morgan fingerprint density at radius 2 is 1.21 bits per heavy atom. The fourth-order valence-electron chi connectivity index (χ4n) is 10.6. The van der Waals surface area contributed by atoms with Crippen LogP contribution in [0.5, 0.6) is 0 Å². The maximum absolute atomic E-state index is 2.62. The minimum absolute atomic E-state index is 0.315. The van der Waals surface area contributed by atoms with Gasteiger partial charge in [0.15, 0.2) is 0 Å². The Bertz CT molecular complexity index is 2790. The Labute approximate surface area is 304 Å². The summed E-state index contributed by atoms with van der Waals surface area (Å²) in [5.74, 6) is 0.675. The maximum atomic E-state index is 2.62. The lowest BCUT2D eigenvalue weighted by Crippen LogP contribution is -2.21. The van der Waals surface area contributed by atoms with Crippen molar-refractivity contribution in [2.24, 2.45) is 11.8 Å². The number of rotatable bonds is 3. The van der Waals surface area contributed by atoms with Crippen molar-refractivity contribution in [3.05, 3.63) is 191 Å². The number of hydrogen-bond acceptors (Lipinski definition) is 0. The van der Waals surface area contributed by atoms with Crippen LogP contribution in [0.4, 0.5) is 0 Å². The Morgan fingerprint density at radius 1 is 0.519 bits per heavy atom. The number of fused-ring (bicyclic) bond motifs is 8. The van der Waals surface area contributed by atoms with Crippen LogP contribution in [0.2, 0.25) is 0 Å². The van der Waals surface area contributed by atoms with Gasteiger partial charge in [-0.2, -0.15) is 0 Å². The molecule has 6 aromatic carbocycles. The lowest BCUT2D eigenvalue weighted by atomic mass is 9.69. The fourth-order valence-corrected chi connectivity index (χ4v) is 10.6. The van der Waals surface area contributed by atoms with Gasteiger partial charge in [-0.05, 0) is 155 Å². The van der Waals surface area contributed by atoms with Crippen LogP contribution >= 0.6 is 0 Å². The third-order valence-electron chi connectivity index (χ3n) is 12.7. The van der Waals surface area contributed by atoms with E-state index in [9.17, 15) is 0 Å². The van der Waals surface area contributed by atoms with E-state index in [2.05, 4.69) is 158 Å². The molecule has 6 aromatic rings. The Balaban J connectivity index is 1.33. The molecule has 0 spiro atoms. The van der Waals surface area contributed by atoms with Crippen LogP contribution in [0.25, 0.3) is 77.2 Å². The van der Waals surface area contributed by atoms with Crippen LogP contribution in [-0.4, -0.2) is 0 Å². The van der Waals surface area contributed by atoms with Crippen molar-refractivity contribution < 1.29 is 0 Å². The summed E-state index contributed by atoms with van der Waals surface area (Å²) in [7, 11) is 0. The highest BCUT2D eigenvalue weighted by Crippen LogP contribution is 2.63. The van der Waals surface area contributed by atoms with Gasteiger partial charge in [0, 0.05) is 11.8 Å². The fraction of sp³-hybridized carbons (Fsp3) is 0.115. The van der Waals surface area contributed by atoms with Gasteiger partial charge in [-0.25, -0.2) is 0 Å². The minimum atomic E-state index is 0.315. The number of allylic oxidation sites excluding steroid dienone is 14. The second kappa shape index (κ2) is 10.8. The molecule has 0 nitrogen and oxygen atoms in total. The lowest BCUT2D eigenvalue weighted by molar-refractivity contribution is 0.660. The van der Waals surface area contributed by atoms with Crippen molar-refractivity contribution in [1.29, 1.82) is 0 Å². The SMILES string of the molecule is C1=CC2C3=C(C=C4c5c(c(-c6ccccc6)c6cc7c8c(cc(-c9ccccc9)cc8c6c5-c5ccccc5)C5=C7CCC=C5)C(=C1)C42)CCC=C3. The number of benzene rings is 6. The van der Waals surface area contributed by atoms with Crippen LogP contribution in [0.15, 0.2) is 169 Å². The van der Waals surface area contributed by atoms with Gasteiger partial charge in [-0.1, -0.05) is 140 Å². The lowest BCUT2D eigenvalue weighted by Gasteiger charge is -2.34. The summed E-state index contributed by atoms with van der Waals surface area (Å²) < 4.78 is 0. The molecule has 0 radical (unpaired) electrons. The molecule has 2 unspecified atom stereocenters. The topological polar surface area (TPSA) is 0 Å². The van der Waals surface area contributed by atoms with E-state index >= 15 is 0 Å². The predicted octanol–water partition coefficient (Wildman–Crippen LogP) is 13.8. The summed E-state index contributed by atoms with van der Waals surface area (Å²) in [6.45, 7) is 0. The molecule has 0 heteroatoms. The van der Waals surface area contributed by atoms with Gasteiger partial charge >= 0.3 is 0 Å². The standard InChI is InChI=1S/C52H36/c1-4-15-31(16-5-1)35-28-41-37-23-12-13-24-38(37)42-30-45-46(32-17-6-2-7-18-32)51-40-26-14-25-39-36-22-11-10-21-34(36)27-44(48(39)40)52(51)47(33-19-8-3-9-20-33)50(45)43(29-35)49(41)42/h1-9,11-12,14-20,22-23,25-30,39,48H,10,13,21,24H2. The average Bonchev–Trinajstić information content (AvgIpc) is 3.71. The Kier molecular flexibility index (Phi) is 5.94. The molecule has 0 saturated carbocycles. The summed E-state index contributed by atoms with van der Waals surface area (Å²) in [6.07, 6.45) is 23.9. The van der Waals surface area contributed by atoms with Gasteiger partial charge in [-0.3, -0.25) is 0 Å². The number of hydrogen-bond donors (Lipinski definition) is 0. The zero-order valence-corrected chi connectivity index (χ0v) is 29.0. The summed E-state index contributed by atoms with van der Waals surface area (Å²) >= 11 is 0. The van der Waals surface area contributed by atoms with Gasteiger partial charge in [0.05, 0.1) is 0 Å². The summed E-state index contributed by atoms with van der Waals surface area (Å²) in [4.78, 5) is 0. The quantitative estimate of drug-likeness (QED) is 0.166. The van der Waals surface area contributed by atoms with Crippen LogP contribution in [0, 0.1) is 11.8 Å². The monoisotopic (exact) mass is 660 g/mol. The van der Waals surface area contributed by atoms with E-state index in [1.165, 1.54) is 111 Å². The van der Waals surface area contributed by atoms with E-state index in [0.717, 1.165) is 25.7 Å². The molecule has 52 heavy (non-hydrogen) atoms. The van der Waals surface area contributed by atoms with Gasteiger partial charge in [0.2, 0.25) is 0 Å². The highest BCUT2D eigenvalue weighted by atomic mass is 14.5. The molecule has 2 atom stereocenters. The van der Waals surface area contributed by atoms with E-state index in [4.69, 9.17) is 0 Å². The molecule has 12 rings (SSSR count). The third kappa shape index (κ3) is 3.82. The highest BCUT2D eigenvalue weighted by molar-refractivity contribution is 6.30. The summed E-state index contributed by atoms with van der Waals surface area (Å²) in [5, 5.41) is 5.56. The van der Waals surface area contributed by atoms with Crippen molar-refractivity contribution >= 4 is 43.8 Å². The second-order valence-corrected chi connectivity index (χ2v) is 15.3. The van der Waals surface area contributed by atoms with E-state index in [0.29, 0.717) is 11.8 Å². The molecule has 244 valence electrons. The Morgan fingerprint density at radius 3 is 2.00 bits per heavy atom. The molecule has 0 bridgehead atoms. The van der Waals surface area contributed by atoms with Crippen molar-refractivity contribution in [1.82, 2.24) is 0 Å². The third-order valence-corrected chi connectivity index (χ3v) is 12.7. The predicted molar refractivity (Wildman–Crippen MR) is 220 cm³/mol. The van der Waals surface area contributed by atoms with Crippen LogP contribution in [0.3, 0.4) is 0 Å². The molecule has 6 aliphatic rings. The van der Waals surface area contributed by atoms with Crippen LogP contribution in [0.1, 0.15) is 47.9 Å². The molecule has 0 fully saturated rings. The Hall–Kier alpha value is -5.98. The molecular weight excluding hydrogens is 625 g/mol. The molecule has 0 saturated heterocycles. The van der Waals surface area contributed by atoms with Crippen LogP contribution < -0.4 is 0 Å². The van der Waals surface area contributed by atoms with Crippen molar-refractivity contribution in [3.8, 4) is 33.4 Å². The molecule has 0 N–H and O–H groups in total. The first-order valence-corrected chi connectivity index (χ1v) is 19.0. The second-order valence-electron chi connectivity index (χ2n) is 15.3. The molecule has 0 heterocycles.